The molecule has 1 aliphatic heterocycles. The number of nitrogens with one attached hydrogen (secondary N) is 1. The van der Waals surface area contributed by atoms with Gasteiger partial charge in [0.1, 0.15) is 0 Å². The molecule has 0 amide bonds. The second-order valence-electron chi connectivity index (χ2n) is 6.65. The summed E-state index contributed by atoms with van der Waals surface area (Å²) in [4.78, 5) is 2.63. The number of piperidine rings is 1. The molecule has 1 saturated carbocycles. The van der Waals surface area contributed by atoms with E-state index in [1.807, 2.05) is 0 Å². The predicted molar refractivity (Wildman–Crippen MR) is 80.3 cm³/mol. The molecular weight excluding hydrogens is 236 g/mol. The summed E-state index contributed by atoms with van der Waals surface area (Å²) in [5.74, 6) is 0.678. The SMILES string of the molecule is CCCCN1CC(CC(O)CC)CC(NC2CC2)C1. The van der Waals surface area contributed by atoms with Gasteiger partial charge in [-0.15, -0.1) is 0 Å². The lowest BCUT2D eigenvalue weighted by Crippen LogP contribution is -2.50. The Morgan fingerprint density at radius 2 is 2.00 bits per heavy atom. The Morgan fingerprint density at radius 1 is 1.21 bits per heavy atom. The molecule has 0 aromatic rings. The van der Waals surface area contributed by atoms with E-state index < -0.39 is 0 Å². The number of aliphatic hydroxyl groups is 1. The molecular formula is C16H32N2O. The molecule has 3 nitrogen and oxygen atoms in total. The number of rotatable bonds is 8. The van der Waals surface area contributed by atoms with E-state index in [9.17, 15) is 5.11 Å². The van der Waals surface area contributed by atoms with Gasteiger partial charge in [0.15, 0.2) is 0 Å². The maximum atomic E-state index is 9.91. The Bertz CT molecular complexity index is 255. The molecule has 2 fully saturated rings. The molecule has 0 spiro atoms. The minimum Gasteiger partial charge on any atom is -0.393 e. The Morgan fingerprint density at radius 3 is 2.63 bits per heavy atom. The van der Waals surface area contributed by atoms with Crippen LogP contribution in [-0.2, 0) is 0 Å². The number of aliphatic hydroxyl groups excluding tert-OH is 1. The van der Waals surface area contributed by atoms with Crippen molar-refractivity contribution >= 4 is 0 Å². The Kier molecular flexibility index (Phi) is 6.11. The predicted octanol–water partition coefficient (Wildman–Crippen LogP) is 2.39. The van der Waals surface area contributed by atoms with Crippen molar-refractivity contribution in [3.8, 4) is 0 Å². The minimum atomic E-state index is -0.0994. The number of likely N-dealkylation sites (tertiary alicyclic amines) is 1. The zero-order valence-corrected chi connectivity index (χ0v) is 12.8. The van der Waals surface area contributed by atoms with Gasteiger partial charge in [-0.1, -0.05) is 20.3 Å². The number of hydrogen-bond donors (Lipinski definition) is 2. The van der Waals surface area contributed by atoms with Crippen LogP contribution in [0.15, 0.2) is 0 Å². The molecule has 1 heterocycles. The molecule has 0 aromatic carbocycles. The van der Waals surface area contributed by atoms with Gasteiger partial charge in [-0.3, -0.25) is 0 Å². The van der Waals surface area contributed by atoms with Gasteiger partial charge < -0.3 is 15.3 Å². The second-order valence-corrected chi connectivity index (χ2v) is 6.65. The van der Waals surface area contributed by atoms with Crippen LogP contribution in [0.4, 0.5) is 0 Å². The molecule has 0 bridgehead atoms. The van der Waals surface area contributed by atoms with Gasteiger partial charge in [0.25, 0.3) is 0 Å². The van der Waals surface area contributed by atoms with E-state index >= 15 is 0 Å². The van der Waals surface area contributed by atoms with Crippen LogP contribution in [0.5, 0.6) is 0 Å². The molecule has 3 heteroatoms. The molecule has 1 aliphatic carbocycles. The highest BCUT2D eigenvalue weighted by molar-refractivity contribution is 4.90. The van der Waals surface area contributed by atoms with Crippen LogP contribution in [0.25, 0.3) is 0 Å². The summed E-state index contributed by atoms with van der Waals surface area (Å²) >= 11 is 0. The van der Waals surface area contributed by atoms with Crippen molar-refractivity contribution in [1.29, 1.82) is 0 Å². The summed E-state index contributed by atoms with van der Waals surface area (Å²) in [5, 5.41) is 13.7. The maximum absolute atomic E-state index is 9.91. The number of unbranched alkanes of at least 4 members (excludes halogenated alkanes) is 1. The molecule has 0 aromatic heterocycles. The quantitative estimate of drug-likeness (QED) is 0.709. The molecule has 2 N–H and O–H groups in total. The average Bonchev–Trinajstić information content (AvgIpc) is 3.20. The van der Waals surface area contributed by atoms with Gasteiger partial charge in [-0.2, -0.15) is 0 Å². The van der Waals surface area contributed by atoms with Crippen molar-refractivity contribution in [3.05, 3.63) is 0 Å². The Hall–Kier alpha value is -0.120. The fraction of sp³-hybridized carbons (Fsp3) is 1.00. The average molecular weight is 268 g/mol. The second kappa shape index (κ2) is 7.61. The van der Waals surface area contributed by atoms with Crippen LogP contribution < -0.4 is 5.32 Å². The Balaban J connectivity index is 1.82. The lowest BCUT2D eigenvalue weighted by atomic mass is 9.88. The maximum Gasteiger partial charge on any atom is 0.0540 e. The zero-order valence-electron chi connectivity index (χ0n) is 12.8. The zero-order chi connectivity index (χ0) is 13.7. The topological polar surface area (TPSA) is 35.5 Å². The van der Waals surface area contributed by atoms with Crippen LogP contribution in [-0.4, -0.2) is 47.8 Å². The summed E-state index contributed by atoms with van der Waals surface area (Å²) < 4.78 is 0. The van der Waals surface area contributed by atoms with Crippen molar-refractivity contribution in [3.63, 3.8) is 0 Å². The highest BCUT2D eigenvalue weighted by atomic mass is 16.3. The van der Waals surface area contributed by atoms with E-state index in [1.165, 1.54) is 51.7 Å². The fourth-order valence-electron chi connectivity index (χ4n) is 3.29. The number of hydrogen-bond acceptors (Lipinski definition) is 3. The third-order valence-corrected chi connectivity index (χ3v) is 4.57. The first-order chi connectivity index (χ1) is 9.21. The van der Waals surface area contributed by atoms with Gasteiger partial charge in [-0.25, -0.2) is 0 Å². The molecule has 3 unspecified atom stereocenters. The summed E-state index contributed by atoms with van der Waals surface area (Å²) in [7, 11) is 0. The normalized spacial score (nSPS) is 30.5. The first kappa shape index (κ1) is 15.3. The Labute approximate surface area is 118 Å². The van der Waals surface area contributed by atoms with Crippen LogP contribution in [0, 0.1) is 5.92 Å². The highest BCUT2D eigenvalue weighted by Gasteiger charge is 2.31. The van der Waals surface area contributed by atoms with Crippen LogP contribution in [0.3, 0.4) is 0 Å². The highest BCUT2D eigenvalue weighted by Crippen LogP contribution is 2.26. The van der Waals surface area contributed by atoms with Crippen molar-refractivity contribution in [2.75, 3.05) is 19.6 Å². The summed E-state index contributed by atoms with van der Waals surface area (Å²) in [6.07, 6.45) is 8.36. The summed E-state index contributed by atoms with van der Waals surface area (Å²) in [5.41, 5.74) is 0. The van der Waals surface area contributed by atoms with Crippen LogP contribution >= 0.6 is 0 Å². The van der Waals surface area contributed by atoms with E-state index in [4.69, 9.17) is 0 Å². The van der Waals surface area contributed by atoms with E-state index in [-0.39, 0.29) is 6.10 Å². The summed E-state index contributed by atoms with van der Waals surface area (Å²) in [6, 6.07) is 1.46. The van der Waals surface area contributed by atoms with Crippen molar-refractivity contribution in [2.45, 2.75) is 77.0 Å². The standard InChI is InChI=1S/C16H32N2O/c1-3-5-8-18-11-13(10-16(19)4-2)9-15(12-18)17-14-6-7-14/h13-17,19H,3-12H2,1-2H3. The third kappa shape index (κ3) is 5.41. The van der Waals surface area contributed by atoms with E-state index in [0.29, 0.717) is 12.0 Å². The van der Waals surface area contributed by atoms with Gasteiger partial charge >= 0.3 is 0 Å². The van der Waals surface area contributed by atoms with E-state index in [1.54, 1.807) is 0 Å². The fourth-order valence-corrected chi connectivity index (χ4v) is 3.29. The first-order valence-corrected chi connectivity index (χ1v) is 8.37. The van der Waals surface area contributed by atoms with Gasteiger partial charge in [-0.05, 0) is 51.0 Å². The van der Waals surface area contributed by atoms with Gasteiger partial charge in [0, 0.05) is 25.2 Å². The number of nitrogens with zero attached hydrogens (tertiary/aromatic N) is 1. The van der Waals surface area contributed by atoms with E-state index in [0.717, 1.165) is 18.9 Å². The molecule has 0 radical (unpaired) electrons. The van der Waals surface area contributed by atoms with E-state index in [2.05, 4.69) is 24.1 Å². The lowest BCUT2D eigenvalue weighted by Gasteiger charge is -2.39. The third-order valence-electron chi connectivity index (χ3n) is 4.57. The lowest BCUT2D eigenvalue weighted by molar-refractivity contribution is 0.0828. The van der Waals surface area contributed by atoms with Crippen molar-refractivity contribution in [2.24, 2.45) is 5.92 Å². The van der Waals surface area contributed by atoms with Crippen LogP contribution in [0.1, 0.15) is 58.8 Å². The molecule has 2 rings (SSSR count). The molecule has 3 atom stereocenters. The molecule has 2 aliphatic rings. The first-order valence-electron chi connectivity index (χ1n) is 8.37. The van der Waals surface area contributed by atoms with Crippen molar-refractivity contribution < 1.29 is 5.11 Å². The smallest absolute Gasteiger partial charge is 0.0540 e. The molecule has 112 valence electrons. The molecule has 1 saturated heterocycles. The largest absolute Gasteiger partial charge is 0.393 e. The van der Waals surface area contributed by atoms with Gasteiger partial charge in [0.2, 0.25) is 0 Å². The molecule has 19 heavy (non-hydrogen) atoms. The van der Waals surface area contributed by atoms with Gasteiger partial charge in [0.05, 0.1) is 6.10 Å². The minimum absolute atomic E-state index is 0.0994. The van der Waals surface area contributed by atoms with Crippen molar-refractivity contribution in [1.82, 2.24) is 10.2 Å². The monoisotopic (exact) mass is 268 g/mol. The van der Waals surface area contributed by atoms with Crippen LogP contribution in [0.2, 0.25) is 0 Å². The summed E-state index contributed by atoms with van der Waals surface area (Å²) in [6.45, 7) is 8.00.